The van der Waals surface area contributed by atoms with Crippen LogP contribution in [-0.2, 0) is 10.0 Å². The fourth-order valence-electron chi connectivity index (χ4n) is 3.25. The van der Waals surface area contributed by atoms with Gasteiger partial charge in [0.05, 0.1) is 26.2 Å². The maximum Gasteiger partial charge on any atom is 0.262 e. The van der Waals surface area contributed by atoms with Crippen molar-refractivity contribution in [1.82, 2.24) is 0 Å². The van der Waals surface area contributed by atoms with Crippen LogP contribution in [0.25, 0.3) is 0 Å². The number of anilines is 2. The fourth-order valence-corrected chi connectivity index (χ4v) is 4.64. The molecule has 3 aromatic rings. The van der Waals surface area contributed by atoms with Crippen LogP contribution in [0.1, 0.15) is 21.5 Å². The number of sulfonamides is 1. The van der Waals surface area contributed by atoms with Gasteiger partial charge in [0.2, 0.25) is 5.75 Å². The van der Waals surface area contributed by atoms with E-state index >= 15 is 0 Å². The van der Waals surface area contributed by atoms with Crippen LogP contribution in [-0.4, -0.2) is 35.7 Å². The lowest BCUT2D eigenvalue weighted by atomic mass is 10.2. The topological polar surface area (TPSA) is 103 Å². The van der Waals surface area contributed by atoms with Crippen molar-refractivity contribution < 1.29 is 27.4 Å². The van der Waals surface area contributed by atoms with E-state index in [9.17, 15) is 13.2 Å². The summed E-state index contributed by atoms with van der Waals surface area (Å²) in [5.74, 6) is 0.846. The van der Waals surface area contributed by atoms with Crippen LogP contribution >= 0.6 is 0 Å². The van der Waals surface area contributed by atoms with Crippen molar-refractivity contribution in [2.75, 3.05) is 31.4 Å². The quantitative estimate of drug-likeness (QED) is 0.506. The highest BCUT2D eigenvalue weighted by molar-refractivity contribution is 7.92. The molecule has 1 amide bonds. The maximum absolute atomic E-state index is 12.8. The predicted molar refractivity (Wildman–Crippen MR) is 127 cm³/mol. The Morgan fingerprint density at radius 3 is 1.94 bits per heavy atom. The Morgan fingerprint density at radius 1 is 0.788 bits per heavy atom. The Balaban J connectivity index is 1.78. The van der Waals surface area contributed by atoms with Crippen molar-refractivity contribution in [2.24, 2.45) is 0 Å². The molecular weight excluding hydrogens is 444 g/mol. The number of amides is 1. The van der Waals surface area contributed by atoms with E-state index in [1.165, 1.54) is 45.6 Å². The molecule has 0 heterocycles. The molecule has 0 atom stereocenters. The van der Waals surface area contributed by atoms with Gasteiger partial charge in [-0.05, 0) is 55.3 Å². The highest BCUT2D eigenvalue weighted by atomic mass is 32.2. The van der Waals surface area contributed by atoms with Gasteiger partial charge in [-0.1, -0.05) is 12.1 Å². The number of rotatable bonds is 8. The summed E-state index contributed by atoms with van der Waals surface area (Å²) >= 11 is 0. The average molecular weight is 471 g/mol. The number of ether oxygens (including phenoxy) is 3. The molecule has 0 aliphatic heterocycles. The van der Waals surface area contributed by atoms with Crippen LogP contribution in [0.3, 0.4) is 0 Å². The van der Waals surface area contributed by atoms with Crippen molar-refractivity contribution in [2.45, 2.75) is 18.7 Å². The zero-order valence-corrected chi connectivity index (χ0v) is 19.9. The molecule has 0 bridgehead atoms. The van der Waals surface area contributed by atoms with E-state index in [2.05, 4.69) is 10.0 Å². The molecule has 8 nitrogen and oxygen atoms in total. The van der Waals surface area contributed by atoms with Crippen LogP contribution in [0.4, 0.5) is 11.4 Å². The number of hydrogen-bond donors (Lipinski definition) is 2. The molecule has 0 aromatic heterocycles. The van der Waals surface area contributed by atoms with Crippen LogP contribution < -0.4 is 24.2 Å². The molecule has 0 spiro atoms. The van der Waals surface area contributed by atoms with Crippen LogP contribution in [0.2, 0.25) is 0 Å². The molecular formula is C24H26N2O6S. The summed E-state index contributed by atoms with van der Waals surface area (Å²) in [5, 5.41) is 2.77. The molecule has 3 aromatic carbocycles. The van der Waals surface area contributed by atoms with E-state index in [0.717, 1.165) is 5.56 Å². The first kappa shape index (κ1) is 23.9. The van der Waals surface area contributed by atoms with Gasteiger partial charge in [0.1, 0.15) is 0 Å². The molecule has 0 fully saturated rings. The number of hydrogen-bond acceptors (Lipinski definition) is 6. The van der Waals surface area contributed by atoms with Gasteiger partial charge >= 0.3 is 0 Å². The molecule has 0 aliphatic rings. The summed E-state index contributed by atoms with van der Waals surface area (Å²) in [7, 11) is 0.708. The highest BCUT2D eigenvalue weighted by Crippen LogP contribution is 2.40. The summed E-state index contributed by atoms with van der Waals surface area (Å²) in [5.41, 5.74) is 2.64. The number of benzene rings is 3. The van der Waals surface area contributed by atoms with Crippen molar-refractivity contribution in [3.05, 3.63) is 71.3 Å². The molecule has 0 saturated carbocycles. The van der Waals surface area contributed by atoms with E-state index in [-0.39, 0.29) is 10.8 Å². The van der Waals surface area contributed by atoms with Crippen LogP contribution in [0.5, 0.6) is 17.2 Å². The monoisotopic (exact) mass is 470 g/mol. The minimum atomic E-state index is -3.76. The van der Waals surface area contributed by atoms with Gasteiger partial charge in [0.15, 0.2) is 11.5 Å². The Kier molecular flexibility index (Phi) is 7.13. The van der Waals surface area contributed by atoms with Gasteiger partial charge < -0.3 is 19.5 Å². The Labute approximate surface area is 193 Å². The van der Waals surface area contributed by atoms with Crippen molar-refractivity contribution >= 4 is 27.3 Å². The first-order valence-electron chi connectivity index (χ1n) is 10.00. The Morgan fingerprint density at radius 2 is 1.39 bits per heavy atom. The summed E-state index contributed by atoms with van der Waals surface area (Å²) in [6.45, 7) is 3.57. The largest absolute Gasteiger partial charge is 0.493 e. The second-order valence-corrected chi connectivity index (χ2v) is 8.97. The van der Waals surface area contributed by atoms with Gasteiger partial charge in [0, 0.05) is 29.1 Å². The molecule has 174 valence electrons. The van der Waals surface area contributed by atoms with Gasteiger partial charge in [-0.15, -0.1) is 0 Å². The lowest BCUT2D eigenvalue weighted by molar-refractivity contribution is 0.102. The second kappa shape index (κ2) is 9.83. The number of nitrogens with one attached hydrogen (secondary N) is 2. The molecule has 9 heteroatoms. The first-order valence-corrected chi connectivity index (χ1v) is 11.5. The third-order valence-electron chi connectivity index (χ3n) is 4.96. The molecule has 0 aliphatic carbocycles. The first-order chi connectivity index (χ1) is 15.7. The fraction of sp³-hybridized carbons (Fsp3) is 0.208. The average Bonchev–Trinajstić information content (AvgIpc) is 2.79. The summed E-state index contributed by atoms with van der Waals surface area (Å²) in [6.07, 6.45) is 0. The Hall–Kier alpha value is -3.72. The van der Waals surface area contributed by atoms with Gasteiger partial charge in [-0.3, -0.25) is 9.52 Å². The summed E-state index contributed by atoms with van der Waals surface area (Å²) < 4.78 is 44.0. The minimum absolute atomic E-state index is 0.215. The van der Waals surface area contributed by atoms with Crippen molar-refractivity contribution in [3.63, 3.8) is 0 Å². The third-order valence-corrected chi connectivity index (χ3v) is 6.48. The van der Waals surface area contributed by atoms with Gasteiger partial charge in [0.25, 0.3) is 15.9 Å². The molecule has 3 rings (SSSR count). The van der Waals surface area contributed by atoms with Crippen LogP contribution in [0, 0.1) is 13.8 Å². The normalized spacial score (nSPS) is 10.9. The number of methoxy groups -OCH3 is 3. The SMILES string of the molecule is COc1cc(NC(=O)c2ccc(NS(=O)(=O)c3cc(C)ccc3C)cc2)cc(OC)c1OC. The standard InChI is InChI=1S/C24H26N2O6S/c1-15-6-7-16(2)22(12-15)33(28,29)26-18-10-8-17(9-11-18)24(27)25-19-13-20(30-3)23(32-5)21(14-19)31-4/h6-14,26H,1-5H3,(H,25,27). The number of carbonyl (C=O) groups is 1. The van der Waals surface area contributed by atoms with Gasteiger partial charge in [-0.2, -0.15) is 0 Å². The van der Waals surface area contributed by atoms with Gasteiger partial charge in [-0.25, -0.2) is 8.42 Å². The number of carbonyl (C=O) groups excluding carboxylic acids is 1. The zero-order valence-electron chi connectivity index (χ0n) is 19.1. The van der Waals surface area contributed by atoms with Crippen molar-refractivity contribution in [1.29, 1.82) is 0 Å². The molecule has 2 N–H and O–H groups in total. The Bertz CT molecular complexity index is 1250. The molecule has 33 heavy (non-hydrogen) atoms. The van der Waals surface area contributed by atoms with E-state index in [1.807, 2.05) is 13.0 Å². The smallest absolute Gasteiger partial charge is 0.262 e. The van der Waals surface area contributed by atoms with E-state index in [0.29, 0.717) is 39.8 Å². The summed E-state index contributed by atoms with van der Waals surface area (Å²) in [4.78, 5) is 12.9. The minimum Gasteiger partial charge on any atom is -0.493 e. The lowest BCUT2D eigenvalue weighted by Crippen LogP contribution is -2.15. The van der Waals surface area contributed by atoms with E-state index < -0.39 is 10.0 Å². The zero-order chi connectivity index (χ0) is 24.2. The maximum atomic E-state index is 12.8. The van der Waals surface area contributed by atoms with Crippen molar-refractivity contribution in [3.8, 4) is 17.2 Å². The highest BCUT2D eigenvalue weighted by Gasteiger charge is 2.18. The predicted octanol–water partition coefficient (Wildman–Crippen LogP) is 4.38. The number of aryl methyl sites for hydroxylation is 2. The molecule has 0 saturated heterocycles. The molecule has 0 radical (unpaired) electrons. The third kappa shape index (κ3) is 5.38. The lowest BCUT2D eigenvalue weighted by Gasteiger charge is -2.15. The second-order valence-electron chi connectivity index (χ2n) is 7.32. The van der Waals surface area contributed by atoms with Crippen LogP contribution in [0.15, 0.2) is 59.5 Å². The van der Waals surface area contributed by atoms with E-state index in [1.54, 1.807) is 31.2 Å². The van der Waals surface area contributed by atoms with E-state index in [4.69, 9.17) is 14.2 Å². The molecule has 0 unspecified atom stereocenters. The summed E-state index contributed by atoms with van der Waals surface area (Å²) in [6, 6.07) is 14.6.